The van der Waals surface area contributed by atoms with Gasteiger partial charge in [0.05, 0.1) is 6.04 Å². The van der Waals surface area contributed by atoms with Crippen molar-refractivity contribution in [2.75, 3.05) is 19.7 Å². The fourth-order valence-electron chi connectivity index (χ4n) is 5.42. The molecule has 176 valence electrons. The van der Waals surface area contributed by atoms with Crippen LogP contribution in [0.2, 0.25) is 0 Å². The van der Waals surface area contributed by atoms with Crippen LogP contribution in [0.15, 0.2) is 29.6 Å². The maximum absolute atomic E-state index is 13.6. The molecule has 1 aliphatic heterocycles. The van der Waals surface area contributed by atoms with E-state index in [0.717, 1.165) is 56.3 Å². The van der Waals surface area contributed by atoms with Crippen LogP contribution in [0.4, 0.5) is 0 Å². The summed E-state index contributed by atoms with van der Waals surface area (Å²) in [4.78, 5) is 32.0. The summed E-state index contributed by atoms with van der Waals surface area (Å²) >= 11 is 1.76. The van der Waals surface area contributed by atoms with Crippen LogP contribution >= 0.6 is 11.3 Å². The molecule has 2 saturated carbocycles. The van der Waals surface area contributed by atoms with Gasteiger partial charge in [0.15, 0.2) is 0 Å². The monoisotopic (exact) mass is 466 g/mol. The summed E-state index contributed by atoms with van der Waals surface area (Å²) in [5.41, 5.74) is 3.52. The van der Waals surface area contributed by atoms with E-state index >= 15 is 0 Å². The minimum Gasteiger partial charge on any atom is -0.491 e. The summed E-state index contributed by atoms with van der Waals surface area (Å²) < 4.78 is 6.26. The van der Waals surface area contributed by atoms with Crippen LogP contribution in [0.25, 0.3) is 0 Å². The quantitative estimate of drug-likeness (QED) is 0.574. The number of aryl methyl sites for hydroxylation is 2. The summed E-state index contributed by atoms with van der Waals surface area (Å²) in [6, 6.07) is 8.48. The smallest absolute Gasteiger partial charge is 0.242 e. The molecule has 1 atom stereocenters. The topological polar surface area (TPSA) is 49.9 Å². The van der Waals surface area contributed by atoms with Crippen LogP contribution in [0.5, 0.6) is 5.75 Å². The number of carbonyl (C=O) groups excluding carboxylic acids is 2. The van der Waals surface area contributed by atoms with Crippen LogP contribution < -0.4 is 4.74 Å². The molecule has 5 nitrogen and oxygen atoms in total. The number of thiophene rings is 1. The second kappa shape index (κ2) is 9.49. The van der Waals surface area contributed by atoms with E-state index in [9.17, 15) is 9.59 Å². The van der Waals surface area contributed by atoms with Gasteiger partial charge in [0, 0.05) is 23.4 Å². The van der Waals surface area contributed by atoms with Crippen LogP contribution in [0.3, 0.4) is 0 Å². The van der Waals surface area contributed by atoms with Crippen molar-refractivity contribution in [3.8, 4) is 5.75 Å². The van der Waals surface area contributed by atoms with Crippen LogP contribution in [0, 0.1) is 19.8 Å². The molecule has 33 heavy (non-hydrogen) atoms. The predicted octanol–water partition coefficient (Wildman–Crippen LogP) is 5.05. The first kappa shape index (κ1) is 22.5. The number of amides is 2. The molecule has 2 aliphatic carbocycles. The van der Waals surface area contributed by atoms with Crippen molar-refractivity contribution in [2.45, 2.75) is 70.9 Å². The lowest BCUT2D eigenvalue weighted by Crippen LogP contribution is -2.49. The molecule has 2 heterocycles. The lowest BCUT2D eigenvalue weighted by atomic mass is 10.00. The van der Waals surface area contributed by atoms with Gasteiger partial charge >= 0.3 is 0 Å². The highest BCUT2D eigenvalue weighted by molar-refractivity contribution is 7.10. The standard InChI is InChI=1S/C27H34N2O3S/c1-18-7-10-24(19(2)15-18)32-17-23-22-12-14-33-25(22)11-13-28(23)26(30)16-29(21-8-9-21)27(31)20-5-3-4-6-20/h7,10,12,14-15,20-21,23H,3-6,8-9,11,13,16-17H2,1-2H3. The Morgan fingerprint density at radius 3 is 2.64 bits per heavy atom. The highest BCUT2D eigenvalue weighted by atomic mass is 32.1. The number of hydrogen-bond donors (Lipinski definition) is 0. The summed E-state index contributed by atoms with van der Waals surface area (Å²) in [6.07, 6.45) is 7.15. The molecule has 1 aromatic carbocycles. The third-order valence-corrected chi connectivity index (χ3v) is 8.42. The van der Waals surface area contributed by atoms with Crippen molar-refractivity contribution in [1.82, 2.24) is 9.80 Å². The van der Waals surface area contributed by atoms with Gasteiger partial charge < -0.3 is 14.5 Å². The Balaban J connectivity index is 1.32. The van der Waals surface area contributed by atoms with Gasteiger partial charge in [-0.05, 0) is 74.6 Å². The molecule has 0 spiro atoms. The Bertz CT molecular complexity index is 1020. The number of fused-ring (bicyclic) bond motifs is 1. The van der Waals surface area contributed by atoms with Crippen LogP contribution in [-0.2, 0) is 16.0 Å². The molecule has 1 aromatic heterocycles. The molecule has 2 fully saturated rings. The van der Waals surface area contributed by atoms with E-state index in [0.29, 0.717) is 13.2 Å². The van der Waals surface area contributed by atoms with Crippen molar-refractivity contribution in [3.63, 3.8) is 0 Å². The average Bonchev–Trinajstić information content (AvgIpc) is 3.28. The molecular formula is C27H34N2O3S. The number of hydrogen-bond acceptors (Lipinski definition) is 4. The first-order valence-corrected chi connectivity index (χ1v) is 13.3. The average molecular weight is 467 g/mol. The van der Waals surface area contributed by atoms with Crippen molar-refractivity contribution in [3.05, 3.63) is 51.2 Å². The fraction of sp³-hybridized carbons (Fsp3) is 0.556. The first-order valence-electron chi connectivity index (χ1n) is 12.4. The van der Waals surface area contributed by atoms with Gasteiger partial charge in [-0.1, -0.05) is 30.5 Å². The van der Waals surface area contributed by atoms with E-state index in [-0.39, 0.29) is 36.4 Å². The summed E-state index contributed by atoms with van der Waals surface area (Å²) in [5.74, 6) is 1.25. The number of rotatable bonds is 7. The minimum atomic E-state index is -0.115. The lowest BCUT2D eigenvalue weighted by molar-refractivity contribution is -0.145. The van der Waals surface area contributed by atoms with E-state index in [1.54, 1.807) is 11.3 Å². The fourth-order valence-corrected chi connectivity index (χ4v) is 6.35. The molecule has 0 saturated heterocycles. The molecule has 0 N–H and O–H groups in total. The zero-order valence-corrected chi connectivity index (χ0v) is 20.5. The van der Waals surface area contributed by atoms with Crippen molar-refractivity contribution < 1.29 is 14.3 Å². The highest BCUT2D eigenvalue weighted by Crippen LogP contribution is 2.36. The zero-order valence-electron chi connectivity index (χ0n) is 19.7. The lowest BCUT2D eigenvalue weighted by Gasteiger charge is -2.37. The Kier molecular flexibility index (Phi) is 6.46. The Hall–Kier alpha value is -2.34. The van der Waals surface area contributed by atoms with E-state index in [1.165, 1.54) is 16.0 Å². The van der Waals surface area contributed by atoms with Gasteiger partial charge in [-0.2, -0.15) is 0 Å². The normalized spacial score (nSPS) is 20.5. The summed E-state index contributed by atoms with van der Waals surface area (Å²) in [7, 11) is 0. The maximum atomic E-state index is 13.6. The Morgan fingerprint density at radius 1 is 1.12 bits per heavy atom. The van der Waals surface area contributed by atoms with Crippen molar-refractivity contribution in [1.29, 1.82) is 0 Å². The molecule has 5 rings (SSSR count). The zero-order chi connectivity index (χ0) is 22.9. The number of carbonyl (C=O) groups is 2. The van der Waals surface area contributed by atoms with E-state index in [2.05, 4.69) is 37.4 Å². The van der Waals surface area contributed by atoms with Gasteiger partial charge in [-0.3, -0.25) is 9.59 Å². The van der Waals surface area contributed by atoms with E-state index in [4.69, 9.17) is 4.74 Å². The summed E-state index contributed by atoms with van der Waals surface area (Å²) in [6.45, 7) is 5.46. The predicted molar refractivity (Wildman–Crippen MR) is 131 cm³/mol. The molecule has 6 heteroatoms. The molecule has 3 aliphatic rings. The van der Waals surface area contributed by atoms with Crippen molar-refractivity contribution >= 4 is 23.2 Å². The first-order chi connectivity index (χ1) is 16.0. The second-order valence-electron chi connectivity index (χ2n) is 9.91. The maximum Gasteiger partial charge on any atom is 0.242 e. The molecular weight excluding hydrogens is 432 g/mol. The summed E-state index contributed by atoms with van der Waals surface area (Å²) in [5, 5.41) is 2.11. The minimum absolute atomic E-state index is 0.0549. The van der Waals surface area contributed by atoms with Crippen molar-refractivity contribution in [2.24, 2.45) is 5.92 Å². The molecule has 2 aromatic rings. The molecule has 0 bridgehead atoms. The van der Waals surface area contributed by atoms with E-state index < -0.39 is 0 Å². The van der Waals surface area contributed by atoms with E-state index in [1.807, 2.05) is 15.9 Å². The van der Waals surface area contributed by atoms with Gasteiger partial charge in [0.2, 0.25) is 11.8 Å². The third-order valence-electron chi connectivity index (χ3n) is 7.42. The van der Waals surface area contributed by atoms with Gasteiger partial charge in [0.25, 0.3) is 0 Å². The number of ether oxygens (including phenoxy) is 1. The van der Waals surface area contributed by atoms with Gasteiger partial charge in [0.1, 0.15) is 18.9 Å². The third kappa shape index (κ3) is 4.81. The Labute approximate surface area is 200 Å². The molecule has 2 amide bonds. The van der Waals surface area contributed by atoms with Gasteiger partial charge in [-0.25, -0.2) is 0 Å². The molecule has 1 unspecified atom stereocenters. The number of nitrogens with zero attached hydrogens (tertiary/aromatic N) is 2. The second-order valence-corrected chi connectivity index (χ2v) is 10.9. The Morgan fingerprint density at radius 2 is 1.91 bits per heavy atom. The van der Waals surface area contributed by atoms with Crippen LogP contribution in [0.1, 0.15) is 66.1 Å². The molecule has 0 radical (unpaired) electrons. The SMILES string of the molecule is Cc1ccc(OCC2c3ccsc3CCN2C(=O)CN(C(=O)C2CCCC2)C2CC2)c(C)c1. The largest absolute Gasteiger partial charge is 0.491 e. The highest BCUT2D eigenvalue weighted by Gasteiger charge is 2.40. The van der Waals surface area contributed by atoms with Crippen LogP contribution in [-0.4, -0.2) is 47.4 Å². The number of benzene rings is 1. The van der Waals surface area contributed by atoms with Gasteiger partial charge in [-0.15, -0.1) is 11.3 Å².